The van der Waals surface area contributed by atoms with Crippen LogP contribution in [0, 0.1) is 17.0 Å². The molecular weight excluding hydrogens is 226 g/mol. The number of aryl methyl sites for hydroxylation is 1. The average Bonchev–Trinajstić information content (AvgIpc) is 2.28. The van der Waals surface area contributed by atoms with E-state index in [0.717, 1.165) is 0 Å². The largest absolute Gasteiger partial charge is 0.482 e. The highest BCUT2D eigenvalue weighted by Crippen LogP contribution is 2.23. The lowest BCUT2D eigenvalue weighted by Gasteiger charge is -2.06. The minimum Gasteiger partial charge on any atom is -0.482 e. The fourth-order valence-electron chi connectivity index (χ4n) is 1.22. The van der Waals surface area contributed by atoms with Gasteiger partial charge in [-0.1, -0.05) is 0 Å². The highest BCUT2D eigenvalue weighted by molar-refractivity contribution is 5.71. The number of ether oxygens (including phenoxy) is 2. The summed E-state index contributed by atoms with van der Waals surface area (Å²) in [4.78, 5) is 21.2. The van der Waals surface area contributed by atoms with Crippen LogP contribution in [0.1, 0.15) is 12.5 Å². The van der Waals surface area contributed by atoms with E-state index in [1.54, 1.807) is 26.0 Å². The molecule has 6 heteroatoms. The molecule has 0 bridgehead atoms. The van der Waals surface area contributed by atoms with Crippen molar-refractivity contribution in [3.63, 3.8) is 0 Å². The number of nitrogens with zero attached hydrogens (tertiary/aromatic N) is 1. The molecule has 0 spiro atoms. The Kier molecular flexibility index (Phi) is 4.45. The van der Waals surface area contributed by atoms with Crippen molar-refractivity contribution in [2.75, 3.05) is 13.2 Å². The van der Waals surface area contributed by atoms with E-state index in [1.165, 1.54) is 6.07 Å². The molecule has 92 valence electrons. The fraction of sp³-hybridized carbons (Fsp3) is 0.364. The lowest BCUT2D eigenvalue weighted by Crippen LogP contribution is -2.14. The first-order valence-corrected chi connectivity index (χ1v) is 5.08. The molecule has 0 saturated carbocycles. The summed E-state index contributed by atoms with van der Waals surface area (Å²) in [6, 6.07) is 4.43. The van der Waals surface area contributed by atoms with E-state index in [9.17, 15) is 14.9 Å². The molecule has 0 saturated heterocycles. The molecule has 6 nitrogen and oxygen atoms in total. The van der Waals surface area contributed by atoms with Crippen LogP contribution in [0.25, 0.3) is 0 Å². The number of nitro groups is 1. The first-order chi connectivity index (χ1) is 8.04. The summed E-state index contributed by atoms with van der Waals surface area (Å²) >= 11 is 0. The fourth-order valence-corrected chi connectivity index (χ4v) is 1.22. The molecule has 0 radical (unpaired) electrons. The van der Waals surface area contributed by atoms with E-state index >= 15 is 0 Å². The summed E-state index contributed by atoms with van der Waals surface area (Å²) in [5, 5.41) is 10.7. The van der Waals surface area contributed by atoms with Crippen molar-refractivity contribution in [3.8, 4) is 5.75 Å². The second-order valence-corrected chi connectivity index (χ2v) is 3.30. The molecule has 17 heavy (non-hydrogen) atoms. The normalized spacial score (nSPS) is 9.76. The molecule has 1 rings (SSSR count). The summed E-state index contributed by atoms with van der Waals surface area (Å²) in [5.41, 5.74) is 0.504. The molecule has 0 heterocycles. The standard InChI is InChI=1S/C11H13NO5/c1-3-16-11(13)7-17-9-5-4-8(2)10(6-9)12(14)15/h4-6H,3,7H2,1-2H3. The Bertz CT molecular complexity index is 430. The molecule has 0 aliphatic carbocycles. The van der Waals surface area contributed by atoms with Gasteiger partial charge in [0.2, 0.25) is 0 Å². The molecule has 0 aliphatic rings. The number of carbonyl (C=O) groups is 1. The quantitative estimate of drug-likeness (QED) is 0.445. The van der Waals surface area contributed by atoms with E-state index < -0.39 is 10.9 Å². The SMILES string of the molecule is CCOC(=O)COc1ccc(C)c([N+](=O)[O-])c1. The first-order valence-electron chi connectivity index (χ1n) is 5.08. The van der Waals surface area contributed by atoms with Crippen molar-refractivity contribution < 1.29 is 19.2 Å². The van der Waals surface area contributed by atoms with E-state index in [4.69, 9.17) is 4.74 Å². The Labute approximate surface area is 98.3 Å². The highest BCUT2D eigenvalue weighted by atomic mass is 16.6. The van der Waals surface area contributed by atoms with Crippen LogP contribution < -0.4 is 4.74 Å². The number of carbonyl (C=O) groups excluding carboxylic acids is 1. The summed E-state index contributed by atoms with van der Waals surface area (Å²) in [6.45, 7) is 3.34. The number of benzene rings is 1. The second-order valence-electron chi connectivity index (χ2n) is 3.30. The smallest absolute Gasteiger partial charge is 0.344 e. The van der Waals surface area contributed by atoms with Gasteiger partial charge in [0.05, 0.1) is 17.6 Å². The van der Waals surface area contributed by atoms with Crippen LogP contribution in [0.4, 0.5) is 5.69 Å². The van der Waals surface area contributed by atoms with Crippen molar-refractivity contribution in [2.24, 2.45) is 0 Å². The van der Waals surface area contributed by atoms with Gasteiger partial charge in [-0.15, -0.1) is 0 Å². The summed E-state index contributed by atoms with van der Waals surface area (Å²) < 4.78 is 9.75. The zero-order chi connectivity index (χ0) is 12.8. The van der Waals surface area contributed by atoms with E-state index in [0.29, 0.717) is 5.56 Å². The lowest BCUT2D eigenvalue weighted by molar-refractivity contribution is -0.385. The van der Waals surface area contributed by atoms with Gasteiger partial charge in [-0.2, -0.15) is 0 Å². The Balaban J connectivity index is 2.69. The predicted octanol–water partition coefficient (Wildman–Crippen LogP) is 1.85. The summed E-state index contributed by atoms with van der Waals surface area (Å²) in [5.74, 6) is -0.230. The van der Waals surface area contributed by atoms with Gasteiger partial charge in [0.25, 0.3) is 5.69 Å². The topological polar surface area (TPSA) is 78.7 Å². The van der Waals surface area contributed by atoms with Crippen LogP contribution in [-0.2, 0) is 9.53 Å². The first kappa shape index (κ1) is 13.0. The molecule has 0 atom stereocenters. The average molecular weight is 239 g/mol. The van der Waals surface area contributed by atoms with E-state index in [2.05, 4.69) is 4.74 Å². The Morgan fingerprint density at radius 2 is 2.18 bits per heavy atom. The number of nitro benzene ring substituents is 1. The predicted molar refractivity (Wildman–Crippen MR) is 60.0 cm³/mol. The van der Waals surface area contributed by atoms with Gasteiger partial charge >= 0.3 is 5.97 Å². The minimum absolute atomic E-state index is 0.0358. The maximum atomic E-state index is 11.0. The molecular formula is C11H13NO5. The maximum Gasteiger partial charge on any atom is 0.344 e. The molecule has 1 aromatic carbocycles. The third-order valence-corrected chi connectivity index (χ3v) is 2.04. The molecule has 0 N–H and O–H groups in total. The van der Waals surface area contributed by atoms with Crippen molar-refractivity contribution in [2.45, 2.75) is 13.8 Å². The number of rotatable bonds is 5. The van der Waals surface area contributed by atoms with Crippen molar-refractivity contribution in [3.05, 3.63) is 33.9 Å². The molecule has 0 fully saturated rings. The van der Waals surface area contributed by atoms with Gasteiger partial charge in [0.1, 0.15) is 5.75 Å². The van der Waals surface area contributed by atoms with E-state index in [1.807, 2.05) is 0 Å². The van der Waals surface area contributed by atoms with Gasteiger partial charge in [-0.3, -0.25) is 10.1 Å². The van der Waals surface area contributed by atoms with Crippen molar-refractivity contribution in [1.82, 2.24) is 0 Å². The van der Waals surface area contributed by atoms with Gasteiger partial charge < -0.3 is 9.47 Å². The van der Waals surface area contributed by atoms with Crippen LogP contribution in [0.5, 0.6) is 5.75 Å². The van der Waals surface area contributed by atoms with Gasteiger partial charge in [0.15, 0.2) is 6.61 Å². The third kappa shape index (κ3) is 3.75. The molecule has 1 aromatic rings. The zero-order valence-corrected chi connectivity index (χ0v) is 9.63. The second kappa shape index (κ2) is 5.83. The third-order valence-electron chi connectivity index (χ3n) is 2.04. The van der Waals surface area contributed by atoms with Gasteiger partial charge in [-0.25, -0.2) is 4.79 Å². The Hall–Kier alpha value is -2.11. The van der Waals surface area contributed by atoms with Crippen molar-refractivity contribution >= 4 is 11.7 Å². The molecule has 0 aromatic heterocycles. The Morgan fingerprint density at radius 3 is 2.76 bits per heavy atom. The molecule has 0 amide bonds. The maximum absolute atomic E-state index is 11.0. The monoisotopic (exact) mass is 239 g/mol. The zero-order valence-electron chi connectivity index (χ0n) is 9.63. The minimum atomic E-state index is -0.504. The number of hydrogen-bond donors (Lipinski definition) is 0. The Morgan fingerprint density at radius 1 is 1.47 bits per heavy atom. The number of hydrogen-bond acceptors (Lipinski definition) is 5. The summed E-state index contributed by atoms with van der Waals surface area (Å²) in [7, 11) is 0. The van der Waals surface area contributed by atoms with Crippen molar-refractivity contribution in [1.29, 1.82) is 0 Å². The molecule has 0 aliphatic heterocycles. The van der Waals surface area contributed by atoms with Crippen LogP contribution in [0.2, 0.25) is 0 Å². The highest BCUT2D eigenvalue weighted by Gasteiger charge is 2.12. The van der Waals surface area contributed by atoms with E-state index in [-0.39, 0.29) is 24.7 Å². The van der Waals surface area contributed by atoms with Crippen LogP contribution in [-0.4, -0.2) is 24.1 Å². The van der Waals surface area contributed by atoms with Gasteiger partial charge in [-0.05, 0) is 26.0 Å². The summed E-state index contributed by atoms with van der Waals surface area (Å²) in [6.07, 6.45) is 0. The van der Waals surface area contributed by atoms with Gasteiger partial charge in [0, 0.05) is 5.56 Å². The molecule has 0 unspecified atom stereocenters. The van der Waals surface area contributed by atoms with Crippen LogP contribution in [0.15, 0.2) is 18.2 Å². The number of esters is 1. The lowest BCUT2D eigenvalue weighted by atomic mass is 10.2. The van der Waals surface area contributed by atoms with Crippen LogP contribution in [0.3, 0.4) is 0 Å². The van der Waals surface area contributed by atoms with Crippen LogP contribution >= 0.6 is 0 Å².